The van der Waals surface area contributed by atoms with Gasteiger partial charge in [0.05, 0.1) is 17.8 Å². The first-order chi connectivity index (χ1) is 22.4. The van der Waals surface area contributed by atoms with Gasteiger partial charge >= 0.3 is 11.9 Å². The number of unbranched alkanes of at least 4 members (excludes halogenated alkanes) is 3. The lowest BCUT2D eigenvalue weighted by Crippen LogP contribution is -2.76. The summed E-state index contributed by atoms with van der Waals surface area (Å²) in [5, 5.41) is 34.9. The van der Waals surface area contributed by atoms with Gasteiger partial charge in [-0.05, 0) is 50.0 Å². The van der Waals surface area contributed by atoms with Crippen LogP contribution in [-0.4, -0.2) is 86.5 Å². The molecule has 1 aromatic rings. The topological polar surface area (TPSA) is 144 Å². The highest BCUT2D eigenvalue weighted by Gasteiger charge is 2.90. The molecule has 3 aliphatic carbocycles. The molecule has 2 saturated carbocycles. The Morgan fingerprint density at radius 3 is 2.53 bits per heavy atom. The molecular weight excluding hydrogens is 604 g/mol. The molecule has 3 N–H and O–H groups in total. The maximum absolute atomic E-state index is 13.8. The average molecular weight is 649 g/mol. The fourth-order valence-electron chi connectivity index (χ4n) is 9.24. The molecule has 3 saturated heterocycles. The molecule has 1 aromatic carbocycles. The monoisotopic (exact) mass is 648 g/mol. The number of ketones is 1. The highest BCUT2D eigenvalue weighted by molar-refractivity contribution is 6.05. The van der Waals surface area contributed by atoms with Crippen molar-refractivity contribution in [2.75, 3.05) is 6.61 Å². The zero-order valence-electron chi connectivity index (χ0n) is 27.3. The van der Waals surface area contributed by atoms with Gasteiger partial charge in [0, 0.05) is 23.8 Å². The number of Topliss-reactive ketones (excluding diaryl/α,β-unsaturated/α-hetero) is 1. The lowest BCUT2D eigenvalue weighted by molar-refractivity contribution is -0.407. The highest BCUT2D eigenvalue weighted by atomic mass is 16.9. The summed E-state index contributed by atoms with van der Waals surface area (Å²) < 4.78 is 33.2. The first-order valence-corrected chi connectivity index (χ1v) is 16.7. The van der Waals surface area contributed by atoms with E-state index < -0.39 is 88.9 Å². The van der Waals surface area contributed by atoms with E-state index in [4.69, 9.17) is 23.7 Å². The summed E-state index contributed by atoms with van der Waals surface area (Å²) in [7, 11) is 0. The van der Waals surface area contributed by atoms with Crippen molar-refractivity contribution in [3.63, 3.8) is 0 Å². The molecule has 3 heterocycles. The predicted octanol–water partition coefficient (Wildman–Crippen LogP) is 3.70. The number of esters is 1. The van der Waals surface area contributed by atoms with E-state index in [1.807, 2.05) is 19.1 Å². The van der Waals surface area contributed by atoms with Crippen molar-refractivity contribution in [1.29, 1.82) is 0 Å². The Bertz CT molecular complexity index is 1570. The number of epoxide rings is 1. The van der Waals surface area contributed by atoms with E-state index in [2.05, 4.69) is 13.5 Å². The van der Waals surface area contributed by atoms with E-state index in [0.29, 0.717) is 11.1 Å². The lowest BCUT2D eigenvalue weighted by atomic mass is 9.53. The maximum atomic E-state index is 13.8. The molecular formula is C37H44O10. The molecule has 0 amide bonds. The minimum absolute atomic E-state index is 0.238. The second-order valence-electron chi connectivity index (χ2n) is 14.1. The van der Waals surface area contributed by atoms with Crippen molar-refractivity contribution >= 4 is 11.8 Å². The Morgan fingerprint density at radius 1 is 1.11 bits per heavy atom. The Labute approximate surface area is 274 Å². The van der Waals surface area contributed by atoms with Crippen LogP contribution in [0, 0.1) is 17.8 Å². The third kappa shape index (κ3) is 4.16. The van der Waals surface area contributed by atoms with Crippen molar-refractivity contribution in [3.05, 3.63) is 84.0 Å². The minimum atomic E-state index is -2.41. The molecule has 0 spiro atoms. The van der Waals surface area contributed by atoms with Gasteiger partial charge in [0.15, 0.2) is 17.0 Å². The molecule has 10 heteroatoms. The van der Waals surface area contributed by atoms with Gasteiger partial charge in [0.25, 0.3) is 0 Å². The van der Waals surface area contributed by atoms with Crippen LogP contribution in [0.4, 0.5) is 0 Å². The molecule has 6 aliphatic rings. The SMILES string of the molecule is C=C(C)[C@]12OC3(C=CC=CCCCCC)O[C@@H]1[C@@H]1[C@@H]4O[C@]4(CO)[C@@H](O)[C@]4(O)C(=O)C(C)=C[C@H]4[C@@]1(O3)[C@H](C)[C@H]2OC(=O)c1ccccc1. The van der Waals surface area contributed by atoms with Crippen LogP contribution in [0.3, 0.4) is 0 Å². The largest absolute Gasteiger partial charge is 0.455 e. The number of benzene rings is 1. The molecule has 12 atom stereocenters. The predicted molar refractivity (Wildman–Crippen MR) is 169 cm³/mol. The maximum Gasteiger partial charge on any atom is 0.338 e. The Morgan fingerprint density at radius 2 is 1.85 bits per heavy atom. The van der Waals surface area contributed by atoms with Crippen molar-refractivity contribution < 1.29 is 48.6 Å². The summed E-state index contributed by atoms with van der Waals surface area (Å²) in [6.45, 7) is 11.0. The van der Waals surface area contributed by atoms with Crippen molar-refractivity contribution in [3.8, 4) is 0 Å². The smallest absolute Gasteiger partial charge is 0.338 e. The number of ether oxygens (including phenoxy) is 5. The third-order valence-electron chi connectivity index (χ3n) is 11.5. The molecule has 3 aliphatic heterocycles. The van der Waals surface area contributed by atoms with Crippen molar-refractivity contribution in [2.24, 2.45) is 17.8 Å². The average Bonchev–Trinajstić information content (AvgIpc) is 3.69. The summed E-state index contributed by atoms with van der Waals surface area (Å²) in [5.74, 6) is -5.81. The standard InChI is InChI=1S/C37H44O10/c1-6-7-8-9-10-11-15-18-34-45-30-26-29-33(20-38,44-29)32(41)35(42)25(19-22(4)27(35)39)37(26,47-34)23(5)28(36(30,46-34)21(2)3)43-31(40)24-16-13-12-14-17-24/h10-19,23,25-26,28-30,32,38,41-42H,2,6-9,20H2,1,3-5H3/t23-,25-,26+,28-,29+,30-,32-,33+,34?,35-,36-,37+/m1/s1. The Kier molecular flexibility index (Phi) is 7.65. The van der Waals surface area contributed by atoms with Crippen LogP contribution in [0.2, 0.25) is 0 Å². The number of fused-ring (bicyclic) bond motifs is 3. The number of carbonyl (C=O) groups excluding carboxylic acids is 2. The van der Waals surface area contributed by atoms with Crippen LogP contribution in [-0.2, 0) is 28.5 Å². The van der Waals surface area contributed by atoms with Gasteiger partial charge in [-0.1, -0.05) is 75.8 Å². The van der Waals surface area contributed by atoms with E-state index in [1.165, 1.54) is 0 Å². The van der Waals surface area contributed by atoms with Crippen molar-refractivity contribution in [1.82, 2.24) is 0 Å². The Balaban J connectivity index is 1.41. The normalized spacial score (nSPS) is 45.8. The van der Waals surface area contributed by atoms with E-state index in [1.54, 1.807) is 62.4 Å². The van der Waals surface area contributed by atoms with Crippen LogP contribution in [0.1, 0.15) is 63.7 Å². The number of hydrogen-bond acceptors (Lipinski definition) is 10. The van der Waals surface area contributed by atoms with Gasteiger partial charge in [0.2, 0.25) is 0 Å². The van der Waals surface area contributed by atoms with Crippen LogP contribution in [0.15, 0.2) is 78.4 Å². The van der Waals surface area contributed by atoms with Gasteiger partial charge < -0.3 is 39.0 Å². The molecule has 47 heavy (non-hydrogen) atoms. The number of rotatable bonds is 10. The zero-order valence-corrected chi connectivity index (χ0v) is 27.3. The molecule has 0 aromatic heterocycles. The number of aliphatic hydroxyl groups excluding tert-OH is 2. The fraction of sp³-hybridized carbons (Fsp3) is 0.568. The second kappa shape index (κ2) is 11.0. The molecule has 3 bridgehead atoms. The summed E-state index contributed by atoms with van der Waals surface area (Å²) in [5.41, 5.74) is -6.01. The van der Waals surface area contributed by atoms with Crippen LogP contribution in [0.25, 0.3) is 0 Å². The van der Waals surface area contributed by atoms with Gasteiger partial charge in [-0.25, -0.2) is 4.79 Å². The first-order valence-electron chi connectivity index (χ1n) is 16.7. The van der Waals surface area contributed by atoms with Gasteiger partial charge in [-0.3, -0.25) is 4.79 Å². The van der Waals surface area contributed by atoms with E-state index in [-0.39, 0.29) is 5.57 Å². The quantitative estimate of drug-likeness (QED) is 0.113. The highest BCUT2D eigenvalue weighted by Crippen LogP contribution is 2.73. The number of allylic oxidation sites excluding steroid dienone is 3. The number of aliphatic hydroxyl groups is 3. The Hall–Kier alpha value is -2.96. The van der Waals surface area contributed by atoms with Crippen LogP contribution < -0.4 is 0 Å². The van der Waals surface area contributed by atoms with Gasteiger partial charge in [-0.2, -0.15) is 0 Å². The molecule has 5 fully saturated rings. The molecule has 10 nitrogen and oxygen atoms in total. The summed E-state index contributed by atoms with van der Waals surface area (Å²) in [6.07, 6.45) is 8.51. The number of hydrogen-bond donors (Lipinski definition) is 3. The van der Waals surface area contributed by atoms with Gasteiger partial charge in [-0.15, -0.1) is 0 Å². The van der Waals surface area contributed by atoms with Crippen LogP contribution in [0.5, 0.6) is 0 Å². The first kappa shape index (κ1) is 32.6. The second-order valence-corrected chi connectivity index (χ2v) is 14.1. The van der Waals surface area contributed by atoms with E-state index in [9.17, 15) is 24.9 Å². The fourth-order valence-corrected chi connectivity index (χ4v) is 9.24. The summed E-state index contributed by atoms with van der Waals surface area (Å²) in [4.78, 5) is 27.6. The van der Waals surface area contributed by atoms with Crippen molar-refractivity contribution in [2.45, 2.75) is 106 Å². The molecule has 1 unspecified atom stereocenters. The molecule has 252 valence electrons. The molecule has 7 rings (SSSR count). The zero-order chi connectivity index (χ0) is 33.6. The lowest BCUT2D eigenvalue weighted by Gasteiger charge is -2.61. The third-order valence-corrected chi connectivity index (χ3v) is 11.5. The van der Waals surface area contributed by atoms with Crippen LogP contribution >= 0.6 is 0 Å². The minimum Gasteiger partial charge on any atom is -0.455 e. The summed E-state index contributed by atoms with van der Waals surface area (Å²) >= 11 is 0. The van der Waals surface area contributed by atoms with Gasteiger partial charge in [0.1, 0.15) is 30.0 Å². The van der Waals surface area contributed by atoms with E-state index in [0.717, 1.165) is 25.7 Å². The molecule has 0 radical (unpaired) electrons. The van der Waals surface area contributed by atoms with E-state index >= 15 is 0 Å². The number of carbonyl (C=O) groups is 2. The summed E-state index contributed by atoms with van der Waals surface area (Å²) in [6, 6.07) is 8.57.